The van der Waals surface area contributed by atoms with Crippen molar-refractivity contribution in [2.45, 2.75) is 6.92 Å². The number of Topliss-reactive ketones (excluding diaryl/α,β-unsaturated/α-hetero) is 1. The molecule has 0 bridgehead atoms. The van der Waals surface area contributed by atoms with Gasteiger partial charge in [-0.1, -0.05) is 60.4 Å². The molecule has 2 heterocycles. The Morgan fingerprint density at radius 3 is 2.52 bits per heavy atom. The molecule has 29 heavy (non-hydrogen) atoms. The minimum atomic E-state index is -0.514. The number of anilines is 1. The van der Waals surface area contributed by atoms with E-state index in [9.17, 15) is 14.0 Å². The van der Waals surface area contributed by atoms with Crippen molar-refractivity contribution >= 4 is 51.8 Å². The van der Waals surface area contributed by atoms with E-state index in [1.165, 1.54) is 24.0 Å². The highest BCUT2D eigenvalue weighted by atomic mass is 32.2. The summed E-state index contributed by atoms with van der Waals surface area (Å²) in [6.07, 6.45) is 1.59. The summed E-state index contributed by atoms with van der Waals surface area (Å²) in [4.78, 5) is 25.7. The van der Waals surface area contributed by atoms with Gasteiger partial charge in [-0.2, -0.15) is 0 Å². The summed E-state index contributed by atoms with van der Waals surface area (Å²) in [6, 6.07) is 16.6. The third-order valence-electron chi connectivity index (χ3n) is 4.36. The van der Waals surface area contributed by atoms with Gasteiger partial charge in [0.1, 0.15) is 17.3 Å². The van der Waals surface area contributed by atoms with Gasteiger partial charge < -0.3 is 4.42 Å². The van der Waals surface area contributed by atoms with Crippen LogP contribution in [0.2, 0.25) is 0 Å². The molecule has 1 aliphatic rings. The minimum absolute atomic E-state index is 0.00596. The Bertz CT molecular complexity index is 1160. The zero-order chi connectivity index (χ0) is 20.5. The van der Waals surface area contributed by atoms with Crippen LogP contribution in [-0.4, -0.2) is 16.0 Å². The minimum Gasteiger partial charge on any atom is -0.457 e. The van der Waals surface area contributed by atoms with E-state index in [1.54, 1.807) is 54.6 Å². The highest BCUT2D eigenvalue weighted by Gasteiger charge is 2.34. The lowest BCUT2D eigenvalue weighted by molar-refractivity contribution is -0.113. The topological polar surface area (TPSA) is 50.5 Å². The Balaban J connectivity index is 1.59. The molecule has 1 fully saturated rings. The van der Waals surface area contributed by atoms with Gasteiger partial charge in [0.2, 0.25) is 0 Å². The van der Waals surface area contributed by atoms with Crippen molar-refractivity contribution < 1.29 is 18.4 Å². The first kappa shape index (κ1) is 19.3. The van der Waals surface area contributed by atoms with Gasteiger partial charge in [-0.05, 0) is 31.2 Å². The van der Waals surface area contributed by atoms with Crippen LogP contribution in [0.4, 0.5) is 10.1 Å². The van der Waals surface area contributed by atoms with Crippen LogP contribution >= 0.6 is 24.0 Å². The Kier molecular flexibility index (Phi) is 5.17. The number of nitrogens with zero attached hydrogens (tertiary/aromatic N) is 1. The monoisotopic (exact) mass is 423 g/mol. The number of thiocarbonyl (C=S) groups is 1. The van der Waals surface area contributed by atoms with Gasteiger partial charge in [0.15, 0.2) is 10.1 Å². The number of ketones is 1. The molecule has 0 unspecified atom stereocenters. The molecular formula is C22H14FNO3S2. The van der Waals surface area contributed by atoms with Gasteiger partial charge in [0, 0.05) is 17.2 Å². The molecule has 7 heteroatoms. The first-order valence-electron chi connectivity index (χ1n) is 8.68. The van der Waals surface area contributed by atoms with Crippen molar-refractivity contribution in [1.82, 2.24) is 0 Å². The SMILES string of the molecule is CC(=O)c1ccc(-c2ccc(/C=C3\SC(=S)N(c4ccccc4F)C3=O)o2)cc1. The number of carbonyl (C=O) groups excluding carboxylic acids is 2. The number of furan rings is 1. The number of benzene rings is 2. The second kappa shape index (κ2) is 7.77. The average molecular weight is 423 g/mol. The molecule has 0 atom stereocenters. The molecule has 0 radical (unpaired) electrons. The van der Waals surface area contributed by atoms with E-state index >= 15 is 0 Å². The van der Waals surface area contributed by atoms with E-state index < -0.39 is 11.7 Å². The molecule has 4 rings (SSSR count). The molecule has 4 nitrogen and oxygen atoms in total. The first-order valence-corrected chi connectivity index (χ1v) is 9.90. The van der Waals surface area contributed by atoms with Crippen LogP contribution < -0.4 is 4.90 Å². The van der Waals surface area contributed by atoms with Crippen molar-refractivity contribution in [3.8, 4) is 11.3 Å². The number of para-hydroxylation sites is 1. The predicted molar refractivity (Wildman–Crippen MR) is 116 cm³/mol. The van der Waals surface area contributed by atoms with Crippen molar-refractivity contribution in [2.75, 3.05) is 4.90 Å². The second-order valence-electron chi connectivity index (χ2n) is 6.30. The molecular weight excluding hydrogens is 409 g/mol. The lowest BCUT2D eigenvalue weighted by atomic mass is 10.1. The molecule has 0 aliphatic carbocycles. The van der Waals surface area contributed by atoms with Gasteiger partial charge in [0.05, 0.1) is 10.6 Å². The van der Waals surface area contributed by atoms with E-state index in [0.717, 1.165) is 17.3 Å². The zero-order valence-electron chi connectivity index (χ0n) is 15.2. The van der Waals surface area contributed by atoms with Gasteiger partial charge in [-0.3, -0.25) is 14.5 Å². The Morgan fingerprint density at radius 1 is 1.10 bits per heavy atom. The Morgan fingerprint density at radius 2 is 1.83 bits per heavy atom. The van der Waals surface area contributed by atoms with Gasteiger partial charge in [-0.15, -0.1) is 0 Å². The fraction of sp³-hybridized carbons (Fsp3) is 0.0455. The van der Waals surface area contributed by atoms with Crippen LogP contribution in [0.5, 0.6) is 0 Å². The van der Waals surface area contributed by atoms with E-state index in [2.05, 4.69) is 0 Å². The summed E-state index contributed by atoms with van der Waals surface area (Å²) in [6.45, 7) is 1.51. The Labute approximate surface area is 176 Å². The van der Waals surface area contributed by atoms with Gasteiger partial charge in [0.25, 0.3) is 5.91 Å². The van der Waals surface area contributed by atoms with Crippen molar-refractivity contribution in [2.24, 2.45) is 0 Å². The van der Waals surface area contributed by atoms with E-state index in [0.29, 0.717) is 22.0 Å². The zero-order valence-corrected chi connectivity index (χ0v) is 16.9. The van der Waals surface area contributed by atoms with Crippen LogP contribution in [0.3, 0.4) is 0 Å². The molecule has 3 aromatic rings. The Hall–Kier alpha value is -3.03. The highest BCUT2D eigenvalue weighted by molar-refractivity contribution is 8.27. The summed E-state index contributed by atoms with van der Waals surface area (Å²) in [5.41, 5.74) is 1.56. The third kappa shape index (κ3) is 3.79. The standard InChI is InChI=1S/C22H14FNO3S2/c1-13(25)14-6-8-15(9-7-14)19-11-10-16(27-19)12-20-21(26)24(22(28)29-20)18-5-3-2-4-17(18)23/h2-12H,1H3/b20-12-. The maximum absolute atomic E-state index is 14.1. The lowest BCUT2D eigenvalue weighted by Crippen LogP contribution is -2.28. The fourth-order valence-electron chi connectivity index (χ4n) is 2.89. The number of rotatable bonds is 4. The summed E-state index contributed by atoms with van der Waals surface area (Å²) in [7, 11) is 0. The second-order valence-corrected chi connectivity index (χ2v) is 7.98. The van der Waals surface area contributed by atoms with Gasteiger partial charge in [-0.25, -0.2) is 4.39 Å². The molecule has 2 aromatic carbocycles. The molecule has 1 aliphatic heterocycles. The summed E-state index contributed by atoms with van der Waals surface area (Å²) < 4.78 is 20.2. The molecule has 0 spiro atoms. The molecule has 1 amide bonds. The smallest absolute Gasteiger partial charge is 0.270 e. The lowest BCUT2D eigenvalue weighted by Gasteiger charge is -2.14. The van der Waals surface area contributed by atoms with Crippen LogP contribution in [-0.2, 0) is 4.79 Å². The normalized spacial score (nSPS) is 15.4. The number of carbonyl (C=O) groups is 2. The fourth-order valence-corrected chi connectivity index (χ4v) is 4.16. The molecule has 0 N–H and O–H groups in total. The number of amides is 1. The quantitative estimate of drug-likeness (QED) is 0.306. The third-order valence-corrected chi connectivity index (χ3v) is 5.67. The highest BCUT2D eigenvalue weighted by Crippen LogP contribution is 2.37. The number of thioether (sulfide) groups is 1. The number of hydrogen-bond donors (Lipinski definition) is 0. The number of hydrogen-bond acceptors (Lipinski definition) is 5. The summed E-state index contributed by atoms with van der Waals surface area (Å²) in [5, 5.41) is 0. The summed E-state index contributed by atoms with van der Waals surface area (Å²) in [5.74, 6) is 0.169. The largest absolute Gasteiger partial charge is 0.457 e. The van der Waals surface area contributed by atoms with Crippen LogP contribution in [0.25, 0.3) is 17.4 Å². The van der Waals surface area contributed by atoms with Crippen molar-refractivity contribution in [3.63, 3.8) is 0 Å². The molecule has 0 saturated carbocycles. The van der Waals surface area contributed by atoms with Crippen LogP contribution in [0, 0.1) is 5.82 Å². The van der Waals surface area contributed by atoms with Crippen LogP contribution in [0.1, 0.15) is 23.0 Å². The predicted octanol–water partition coefficient (Wildman–Crippen LogP) is 5.69. The van der Waals surface area contributed by atoms with Gasteiger partial charge >= 0.3 is 0 Å². The maximum atomic E-state index is 14.1. The first-order chi connectivity index (χ1) is 13.9. The molecule has 1 saturated heterocycles. The van der Waals surface area contributed by atoms with E-state index in [1.807, 2.05) is 0 Å². The average Bonchev–Trinajstić information content (AvgIpc) is 3.27. The van der Waals surface area contributed by atoms with Crippen LogP contribution in [0.15, 0.2) is 70.0 Å². The maximum Gasteiger partial charge on any atom is 0.270 e. The molecule has 1 aromatic heterocycles. The van der Waals surface area contributed by atoms with E-state index in [-0.39, 0.29) is 15.8 Å². The summed E-state index contributed by atoms with van der Waals surface area (Å²) >= 11 is 6.37. The van der Waals surface area contributed by atoms with Crippen molar-refractivity contribution in [1.29, 1.82) is 0 Å². The van der Waals surface area contributed by atoms with E-state index in [4.69, 9.17) is 16.6 Å². The number of halogens is 1. The molecule has 144 valence electrons. The van der Waals surface area contributed by atoms with Crippen molar-refractivity contribution in [3.05, 3.63) is 82.7 Å².